The summed E-state index contributed by atoms with van der Waals surface area (Å²) in [7, 11) is 0. The molecule has 0 unspecified atom stereocenters. The van der Waals surface area contributed by atoms with E-state index in [2.05, 4.69) is 25.2 Å². The molecule has 2 saturated heterocycles. The maximum atomic E-state index is 12.0. The summed E-state index contributed by atoms with van der Waals surface area (Å²) >= 11 is 0. The Morgan fingerprint density at radius 2 is 1.80 bits per heavy atom. The second-order valence-corrected chi connectivity index (χ2v) is 8.03. The number of nitrogens with one attached hydrogen (secondary N) is 2. The average Bonchev–Trinajstić information content (AvgIpc) is 3.31. The van der Waals surface area contributed by atoms with Gasteiger partial charge in [0.05, 0.1) is 16.8 Å². The van der Waals surface area contributed by atoms with Crippen molar-refractivity contribution in [3.63, 3.8) is 0 Å². The van der Waals surface area contributed by atoms with Gasteiger partial charge in [-0.2, -0.15) is 0 Å². The number of aromatic nitrogens is 3. The minimum Gasteiger partial charge on any atom is -0.381 e. The van der Waals surface area contributed by atoms with Gasteiger partial charge in [0.1, 0.15) is 11.5 Å². The van der Waals surface area contributed by atoms with Gasteiger partial charge in [-0.25, -0.2) is 9.97 Å². The van der Waals surface area contributed by atoms with Crippen molar-refractivity contribution >= 4 is 34.4 Å². The average molecular weight is 405 g/mol. The Hall–Kier alpha value is -3.62. The number of rotatable bonds is 5. The number of fused-ring (bicyclic) bond motifs is 3. The standard InChI is InChI=1S/C21H23N7O2/c22-19(29)11-1-4-17(25-9-11)28-13-2-3-14(28)8-12(7-13)27-18-15-5-6-24-21(15)26-10-16(18)20(23)30/h1,4-6,9-10,12-14H,2-3,7-8H2,(H2,22,29)(H2,23,30)(H2,24,26,27)/t12-,13-,14+. The lowest BCUT2D eigenvalue weighted by molar-refractivity contribution is 0.0992. The van der Waals surface area contributed by atoms with Crippen LogP contribution >= 0.6 is 0 Å². The predicted molar refractivity (Wildman–Crippen MR) is 113 cm³/mol. The molecule has 2 aliphatic heterocycles. The summed E-state index contributed by atoms with van der Waals surface area (Å²) in [5, 5.41) is 4.45. The number of H-pyrrole nitrogens is 1. The van der Waals surface area contributed by atoms with Crippen molar-refractivity contribution in [3.8, 4) is 0 Å². The Kier molecular flexibility index (Phi) is 4.30. The van der Waals surface area contributed by atoms with E-state index in [1.54, 1.807) is 18.5 Å². The number of aromatic amines is 1. The Balaban J connectivity index is 1.39. The SMILES string of the molecule is NC(=O)c1ccc(N2[C@@H]3CC[C@H]2C[C@H](Nc2c(C(N)=O)cnc4[nH]ccc24)C3)nc1. The number of anilines is 2. The third-order valence-electron chi connectivity index (χ3n) is 6.23. The Bertz CT molecular complexity index is 1110. The highest BCUT2D eigenvalue weighted by Crippen LogP contribution is 2.40. The number of amides is 2. The molecule has 0 aromatic carbocycles. The first-order valence-corrected chi connectivity index (χ1v) is 10.1. The van der Waals surface area contributed by atoms with Crippen LogP contribution in [0.3, 0.4) is 0 Å². The van der Waals surface area contributed by atoms with Gasteiger partial charge in [-0.1, -0.05) is 0 Å². The summed E-state index contributed by atoms with van der Waals surface area (Å²) in [6, 6.07) is 6.40. The zero-order valence-corrected chi connectivity index (χ0v) is 16.3. The van der Waals surface area contributed by atoms with Crippen LogP contribution in [-0.2, 0) is 0 Å². The number of hydrogen-bond donors (Lipinski definition) is 4. The normalized spacial score (nSPS) is 22.9. The fraction of sp³-hybridized carbons (Fsp3) is 0.333. The molecule has 2 amide bonds. The summed E-state index contributed by atoms with van der Waals surface area (Å²) < 4.78 is 0. The van der Waals surface area contributed by atoms with E-state index < -0.39 is 11.8 Å². The molecule has 2 fully saturated rings. The van der Waals surface area contributed by atoms with Gasteiger partial charge in [-0.05, 0) is 43.9 Å². The van der Waals surface area contributed by atoms with E-state index in [1.165, 1.54) is 6.20 Å². The monoisotopic (exact) mass is 405 g/mol. The first-order chi connectivity index (χ1) is 14.5. The summed E-state index contributed by atoms with van der Waals surface area (Å²) in [5.74, 6) is -0.0911. The molecule has 3 atom stereocenters. The molecular weight excluding hydrogens is 382 g/mol. The van der Waals surface area contributed by atoms with Gasteiger partial charge >= 0.3 is 0 Å². The van der Waals surface area contributed by atoms with Gasteiger partial charge in [0.15, 0.2) is 0 Å². The number of nitrogens with two attached hydrogens (primary N) is 2. The van der Waals surface area contributed by atoms with Crippen molar-refractivity contribution in [1.82, 2.24) is 15.0 Å². The molecule has 0 radical (unpaired) electrons. The Morgan fingerprint density at radius 3 is 2.43 bits per heavy atom. The lowest BCUT2D eigenvalue weighted by Gasteiger charge is -2.40. The van der Waals surface area contributed by atoms with Gasteiger partial charge < -0.3 is 26.7 Å². The molecule has 9 nitrogen and oxygen atoms in total. The maximum Gasteiger partial charge on any atom is 0.252 e. The zero-order valence-electron chi connectivity index (χ0n) is 16.3. The van der Waals surface area contributed by atoms with Gasteiger partial charge in [0.25, 0.3) is 5.91 Å². The number of carbonyl (C=O) groups is 2. The molecule has 6 N–H and O–H groups in total. The van der Waals surface area contributed by atoms with E-state index in [-0.39, 0.29) is 6.04 Å². The van der Waals surface area contributed by atoms with Crippen molar-refractivity contribution in [3.05, 3.63) is 47.9 Å². The smallest absolute Gasteiger partial charge is 0.252 e. The van der Waals surface area contributed by atoms with Crippen LogP contribution < -0.4 is 21.7 Å². The second kappa shape index (κ2) is 7.01. The summed E-state index contributed by atoms with van der Waals surface area (Å²) in [5.41, 5.74) is 13.2. The fourth-order valence-corrected chi connectivity index (χ4v) is 4.91. The van der Waals surface area contributed by atoms with Crippen molar-refractivity contribution < 1.29 is 9.59 Å². The van der Waals surface area contributed by atoms with Crippen molar-refractivity contribution in [1.29, 1.82) is 0 Å². The molecule has 2 bridgehead atoms. The van der Waals surface area contributed by atoms with E-state index in [1.807, 2.05) is 12.1 Å². The lowest BCUT2D eigenvalue weighted by Crippen LogP contribution is -2.47. The van der Waals surface area contributed by atoms with Gasteiger partial charge in [0, 0.05) is 42.1 Å². The molecule has 9 heteroatoms. The van der Waals surface area contributed by atoms with Crippen LogP contribution in [0.25, 0.3) is 11.0 Å². The van der Waals surface area contributed by atoms with Crippen molar-refractivity contribution in [2.24, 2.45) is 11.5 Å². The number of piperidine rings is 1. The Labute approximate surface area is 172 Å². The Morgan fingerprint density at radius 1 is 1.03 bits per heavy atom. The van der Waals surface area contributed by atoms with Gasteiger partial charge in [-0.15, -0.1) is 0 Å². The molecule has 0 aliphatic carbocycles. The molecule has 3 aromatic rings. The number of hydrogen-bond acceptors (Lipinski definition) is 6. The minimum absolute atomic E-state index is 0.210. The lowest BCUT2D eigenvalue weighted by atomic mass is 9.96. The highest BCUT2D eigenvalue weighted by molar-refractivity contribution is 6.06. The number of carbonyl (C=O) groups excluding carboxylic acids is 2. The van der Waals surface area contributed by atoms with E-state index >= 15 is 0 Å². The van der Waals surface area contributed by atoms with E-state index in [9.17, 15) is 9.59 Å². The summed E-state index contributed by atoms with van der Waals surface area (Å²) in [4.78, 5) is 37.5. The molecule has 5 heterocycles. The van der Waals surface area contributed by atoms with Crippen molar-refractivity contribution in [2.75, 3.05) is 10.2 Å². The topological polar surface area (TPSA) is 143 Å². The largest absolute Gasteiger partial charge is 0.381 e. The van der Waals surface area contributed by atoms with E-state index in [0.717, 1.165) is 48.2 Å². The van der Waals surface area contributed by atoms with Crippen LogP contribution in [0.2, 0.25) is 0 Å². The molecule has 30 heavy (non-hydrogen) atoms. The third-order valence-corrected chi connectivity index (χ3v) is 6.23. The third kappa shape index (κ3) is 3.02. The molecular formula is C21H23N7O2. The summed E-state index contributed by atoms with van der Waals surface area (Å²) in [6.07, 6.45) is 8.88. The molecule has 0 saturated carbocycles. The number of pyridine rings is 2. The van der Waals surface area contributed by atoms with Crippen LogP contribution in [0.5, 0.6) is 0 Å². The highest BCUT2D eigenvalue weighted by Gasteiger charge is 2.41. The quantitative estimate of drug-likeness (QED) is 0.509. The fourth-order valence-electron chi connectivity index (χ4n) is 4.91. The van der Waals surface area contributed by atoms with Crippen LogP contribution in [0.1, 0.15) is 46.4 Å². The van der Waals surface area contributed by atoms with Crippen LogP contribution in [-0.4, -0.2) is 44.9 Å². The molecule has 154 valence electrons. The maximum absolute atomic E-state index is 12.0. The van der Waals surface area contributed by atoms with Crippen molar-refractivity contribution in [2.45, 2.75) is 43.8 Å². The number of primary amides is 2. The second-order valence-electron chi connectivity index (χ2n) is 8.03. The van der Waals surface area contributed by atoms with Crippen LogP contribution in [0, 0.1) is 0 Å². The molecule has 5 rings (SSSR count). The van der Waals surface area contributed by atoms with E-state index in [4.69, 9.17) is 11.5 Å². The van der Waals surface area contributed by atoms with Gasteiger partial charge in [0.2, 0.25) is 5.91 Å². The highest BCUT2D eigenvalue weighted by atomic mass is 16.1. The zero-order chi connectivity index (χ0) is 20.8. The number of nitrogens with zero attached hydrogens (tertiary/aromatic N) is 3. The first-order valence-electron chi connectivity index (χ1n) is 10.1. The first kappa shape index (κ1) is 18.4. The molecule has 2 aliphatic rings. The van der Waals surface area contributed by atoms with Crippen LogP contribution in [0.15, 0.2) is 36.8 Å². The minimum atomic E-state index is -0.493. The predicted octanol–water partition coefficient (Wildman–Crippen LogP) is 1.77. The molecule has 0 spiro atoms. The summed E-state index contributed by atoms with van der Waals surface area (Å²) in [6.45, 7) is 0. The molecule has 3 aromatic heterocycles. The van der Waals surface area contributed by atoms with Crippen LogP contribution in [0.4, 0.5) is 11.5 Å². The van der Waals surface area contributed by atoms with Gasteiger partial charge in [-0.3, -0.25) is 9.59 Å². The van der Waals surface area contributed by atoms with E-state index in [0.29, 0.717) is 23.2 Å².